The summed E-state index contributed by atoms with van der Waals surface area (Å²) in [6.45, 7) is 5.55. The van der Waals surface area contributed by atoms with E-state index in [0.717, 1.165) is 57.5 Å². The highest BCUT2D eigenvalue weighted by atomic mass is 35.5. The number of ether oxygens (including phenoxy) is 1. The van der Waals surface area contributed by atoms with E-state index in [1.807, 2.05) is 30.3 Å². The molecule has 1 N–H and O–H groups in total. The van der Waals surface area contributed by atoms with E-state index in [0.29, 0.717) is 28.9 Å². The average molecular weight is 534 g/mol. The van der Waals surface area contributed by atoms with Gasteiger partial charge >= 0.3 is 6.09 Å². The molecule has 8 nitrogen and oxygen atoms in total. The molecule has 0 radical (unpaired) electrons. The minimum Gasteiger partial charge on any atom is -0.445 e. The van der Waals surface area contributed by atoms with Crippen molar-refractivity contribution < 1.29 is 9.53 Å². The number of nitrogens with zero attached hydrogens (tertiary/aromatic N) is 5. The van der Waals surface area contributed by atoms with Gasteiger partial charge in [-0.05, 0) is 86.5 Å². The summed E-state index contributed by atoms with van der Waals surface area (Å²) < 4.78 is 5.41. The Bertz CT molecular complexity index is 1020. The zero-order chi connectivity index (χ0) is 25.0. The van der Waals surface area contributed by atoms with Crippen LogP contribution in [0.25, 0.3) is 0 Å². The van der Waals surface area contributed by atoms with Crippen LogP contribution in [0.4, 0.5) is 10.6 Å². The van der Waals surface area contributed by atoms with Gasteiger partial charge in [-0.3, -0.25) is 0 Å². The van der Waals surface area contributed by atoms with Gasteiger partial charge in [0.1, 0.15) is 6.61 Å². The maximum absolute atomic E-state index is 12.2. The number of amides is 1. The molecule has 1 saturated carbocycles. The number of rotatable bonds is 6. The molecule has 10 heteroatoms. The summed E-state index contributed by atoms with van der Waals surface area (Å²) in [7, 11) is 0. The molecule has 1 amide bonds. The van der Waals surface area contributed by atoms with E-state index in [4.69, 9.17) is 27.9 Å². The fraction of sp³-hybridized carbons (Fsp3) is 0.615. The predicted molar refractivity (Wildman–Crippen MR) is 140 cm³/mol. The largest absolute Gasteiger partial charge is 0.445 e. The molecule has 1 atom stereocenters. The van der Waals surface area contributed by atoms with Gasteiger partial charge in [-0.15, -0.1) is 10.2 Å². The fourth-order valence-electron chi connectivity index (χ4n) is 6.04. The second kappa shape index (κ2) is 11.5. The molecule has 36 heavy (non-hydrogen) atoms. The van der Waals surface area contributed by atoms with Crippen molar-refractivity contribution in [1.29, 1.82) is 0 Å². The van der Waals surface area contributed by atoms with Crippen LogP contribution < -0.4 is 10.2 Å². The number of hydrogen-bond donors (Lipinski definition) is 1. The molecule has 194 valence electrons. The number of halogens is 2. The Balaban J connectivity index is 1.02. The van der Waals surface area contributed by atoms with Crippen LogP contribution in [0, 0.1) is 11.3 Å². The molecule has 5 rings (SSSR count). The zero-order valence-electron chi connectivity index (χ0n) is 20.5. The quantitative estimate of drug-likeness (QED) is 0.562. The van der Waals surface area contributed by atoms with E-state index in [1.54, 1.807) is 0 Å². The minimum atomic E-state index is -0.304. The Labute approximate surface area is 222 Å². The van der Waals surface area contributed by atoms with Gasteiger partial charge in [-0.1, -0.05) is 41.9 Å². The number of likely N-dealkylation sites (tertiary alicyclic amines) is 1. The summed E-state index contributed by atoms with van der Waals surface area (Å²) in [5, 5.41) is 11.1. The number of carbonyl (C=O) groups excluding carboxylic acids is 1. The molecule has 3 heterocycles. The number of benzene rings is 1. The van der Waals surface area contributed by atoms with Gasteiger partial charge in [-0.25, -0.2) is 4.79 Å². The SMILES string of the molecule is O=C(NC1CCC2(CC1)CCN(C[C@@H]1CCN(c3nc(Cl)nnc3Cl)C1)CC2)OCc1ccccc1. The number of anilines is 1. The van der Waals surface area contributed by atoms with E-state index in [9.17, 15) is 4.79 Å². The highest BCUT2D eigenvalue weighted by Gasteiger charge is 2.39. The predicted octanol–water partition coefficient (Wildman–Crippen LogP) is 4.96. The number of aromatic nitrogens is 3. The second-order valence-corrected chi connectivity index (χ2v) is 11.3. The third-order valence-corrected chi connectivity index (χ3v) is 8.61. The lowest BCUT2D eigenvalue weighted by molar-refractivity contribution is 0.0511. The molecule has 0 unspecified atom stereocenters. The van der Waals surface area contributed by atoms with Gasteiger partial charge < -0.3 is 19.9 Å². The van der Waals surface area contributed by atoms with Crippen LogP contribution in [0.15, 0.2) is 30.3 Å². The Morgan fingerprint density at radius 1 is 1.03 bits per heavy atom. The van der Waals surface area contributed by atoms with Gasteiger partial charge in [0.15, 0.2) is 11.0 Å². The van der Waals surface area contributed by atoms with E-state index in [2.05, 4.69) is 30.3 Å². The van der Waals surface area contributed by atoms with Gasteiger partial charge in [0.05, 0.1) is 0 Å². The maximum atomic E-state index is 12.2. The normalized spacial score (nSPS) is 22.6. The van der Waals surface area contributed by atoms with Crippen molar-refractivity contribution in [3.63, 3.8) is 0 Å². The highest BCUT2D eigenvalue weighted by Crippen LogP contribution is 2.45. The molecule has 1 aliphatic carbocycles. The number of piperidine rings is 1. The first kappa shape index (κ1) is 25.5. The first-order valence-corrected chi connectivity index (χ1v) is 13.7. The molecule has 2 saturated heterocycles. The number of nitrogens with one attached hydrogen (secondary N) is 1. The molecular formula is C26H34Cl2N6O2. The summed E-state index contributed by atoms with van der Waals surface area (Å²) in [6.07, 6.45) is 7.73. The number of hydrogen-bond acceptors (Lipinski definition) is 7. The third-order valence-electron chi connectivity index (χ3n) is 8.20. The van der Waals surface area contributed by atoms with Gasteiger partial charge in [0.25, 0.3) is 0 Å². The standard InChI is InChI=1S/C26H34Cl2N6O2/c27-22-23(30-24(28)32-31-22)34-13-8-20(17-34)16-33-14-11-26(12-15-33)9-6-21(7-10-26)29-25(35)36-18-19-4-2-1-3-5-19/h1-5,20-21H,6-18H2,(H,29,35)/t20-/m0/s1. The van der Waals surface area contributed by atoms with Crippen molar-refractivity contribution in [3.8, 4) is 0 Å². The van der Waals surface area contributed by atoms with Crippen LogP contribution in [0.1, 0.15) is 50.5 Å². The molecule has 3 fully saturated rings. The number of alkyl carbamates (subject to hydrolysis) is 1. The van der Waals surface area contributed by atoms with Crippen molar-refractivity contribution in [1.82, 2.24) is 25.4 Å². The lowest BCUT2D eigenvalue weighted by Gasteiger charge is -2.46. The van der Waals surface area contributed by atoms with E-state index < -0.39 is 0 Å². The topological polar surface area (TPSA) is 83.5 Å². The van der Waals surface area contributed by atoms with E-state index in [1.165, 1.54) is 25.7 Å². The van der Waals surface area contributed by atoms with Crippen molar-refractivity contribution in [2.75, 3.05) is 37.6 Å². The van der Waals surface area contributed by atoms with Crippen LogP contribution >= 0.6 is 23.2 Å². The first-order valence-electron chi connectivity index (χ1n) is 13.0. The lowest BCUT2D eigenvalue weighted by Crippen LogP contribution is -2.46. The lowest BCUT2D eigenvalue weighted by atomic mass is 9.67. The van der Waals surface area contributed by atoms with Crippen LogP contribution in [-0.4, -0.2) is 64.9 Å². The average Bonchev–Trinajstić information content (AvgIpc) is 3.36. The Hall–Kier alpha value is -2.16. The summed E-state index contributed by atoms with van der Waals surface area (Å²) in [6, 6.07) is 10.0. The monoisotopic (exact) mass is 532 g/mol. The molecular weight excluding hydrogens is 499 g/mol. The third kappa shape index (κ3) is 6.39. The summed E-state index contributed by atoms with van der Waals surface area (Å²) in [5.74, 6) is 1.23. The summed E-state index contributed by atoms with van der Waals surface area (Å²) in [5.41, 5.74) is 1.44. The molecule has 1 aromatic carbocycles. The van der Waals surface area contributed by atoms with E-state index in [-0.39, 0.29) is 17.4 Å². The van der Waals surface area contributed by atoms with Crippen LogP contribution in [0.3, 0.4) is 0 Å². The molecule has 2 aliphatic heterocycles. The van der Waals surface area contributed by atoms with Crippen molar-refractivity contribution in [3.05, 3.63) is 46.3 Å². The highest BCUT2D eigenvalue weighted by molar-refractivity contribution is 6.32. The van der Waals surface area contributed by atoms with Crippen LogP contribution in [0.5, 0.6) is 0 Å². The zero-order valence-corrected chi connectivity index (χ0v) is 22.1. The molecule has 1 aromatic heterocycles. The summed E-state index contributed by atoms with van der Waals surface area (Å²) >= 11 is 12.1. The van der Waals surface area contributed by atoms with Crippen molar-refractivity contribution >= 4 is 35.1 Å². The van der Waals surface area contributed by atoms with Crippen LogP contribution in [0.2, 0.25) is 10.4 Å². The van der Waals surface area contributed by atoms with Gasteiger partial charge in [0.2, 0.25) is 5.28 Å². The van der Waals surface area contributed by atoms with Gasteiger partial charge in [-0.2, -0.15) is 4.98 Å². The molecule has 0 bridgehead atoms. The van der Waals surface area contributed by atoms with Crippen molar-refractivity contribution in [2.24, 2.45) is 11.3 Å². The summed E-state index contributed by atoms with van der Waals surface area (Å²) in [4.78, 5) is 21.3. The molecule has 2 aromatic rings. The van der Waals surface area contributed by atoms with Crippen LogP contribution in [-0.2, 0) is 11.3 Å². The van der Waals surface area contributed by atoms with E-state index >= 15 is 0 Å². The Morgan fingerprint density at radius 2 is 1.78 bits per heavy atom. The fourth-order valence-corrected chi connectivity index (χ4v) is 6.36. The molecule has 3 aliphatic rings. The Morgan fingerprint density at radius 3 is 2.53 bits per heavy atom. The first-order chi connectivity index (χ1) is 17.5. The minimum absolute atomic E-state index is 0.133. The molecule has 1 spiro atoms. The smallest absolute Gasteiger partial charge is 0.407 e. The number of carbonyl (C=O) groups is 1. The second-order valence-electron chi connectivity index (χ2n) is 10.6. The maximum Gasteiger partial charge on any atom is 0.407 e. The van der Waals surface area contributed by atoms with Gasteiger partial charge in [0, 0.05) is 25.7 Å². The Kier molecular flexibility index (Phi) is 8.13. The van der Waals surface area contributed by atoms with Crippen molar-refractivity contribution in [2.45, 2.75) is 57.6 Å².